The molecule has 0 saturated carbocycles. The molecule has 2 aromatic rings. The Morgan fingerprint density at radius 1 is 1.35 bits per heavy atom. The van der Waals surface area contributed by atoms with Gasteiger partial charge in [-0.15, -0.1) is 0 Å². The molecule has 3 rings (SSSR count). The van der Waals surface area contributed by atoms with Gasteiger partial charge in [0, 0.05) is 17.5 Å². The number of benzene rings is 1. The zero-order chi connectivity index (χ0) is 13.9. The zero-order valence-electron chi connectivity index (χ0n) is 10.5. The van der Waals surface area contributed by atoms with Gasteiger partial charge in [-0.3, -0.25) is 0 Å². The van der Waals surface area contributed by atoms with E-state index in [0.29, 0.717) is 34.1 Å². The molecule has 2 heterocycles. The first-order valence-corrected chi connectivity index (χ1v) is 6.96. The molecule has 0 aliphatic carbocycles. The lowest BCUT2D eigenvalue weighted by Crippen LogP contribution is -2.01. The van der Waals surface area contributed by atoms with Crippen LogP contribution in [0, 0.1) is 0 Å². The van der Waals surface area contributed by atoms with E-state index < -0.39 is 0 Å². The molecule has 1 atom stereocenters. The van der Waals surface area contributed by atoms with E-state index in [2.05, 4.69) is 10.1 Å². The van der Waals surface area contributed by atoms with Gasteiger partial charge in [-0.05, 0) is 24.6 Å². The van der Waals surface area contributed by atoms with Crippen LogP contribution in [-0.4, -0.2) is 23.4 Å². The molecule has 5 nitrogen and oxygen atoms in total. The predicted molar refractivity (Wildman–Crippen MR) is 73.3 cm³/mol. The molecule has 1 fully saturated rings. The van der Waals surface area contributed by atoms with Crippen LogP contribution in [0.25, 0.3) is 0 Å². The van der Waals surface area contributed by atoms with Crippen molar-refractivity contribution in [3.63, 3.8) is 0 Å². The highest BCUT2D eigenvalue weighted by Crippen LogP contribution is 2.28. The Morgan fingerprint density at radius 2 is 2.25 bits per heavy atom. The first-order chi connectivity index (χ1) is 9.72. The molecule has 0 amide bonds. The largest absolute Gasteiger partial charge is 0.482 e. The van der Waals surface area contributed by atoms with Crippen LogP contribution in [0.15, 0.2) is 22.7 Å². The summed E-state index contributed by atoms with van der Waals surface area (Å²) >= 11 is 11.8. The highest BCUT2D eigenvalue weighted by atomic mass is 35.5. The van der Waals surface area contributed by atoms with E-state index in [1.807, 2.05) is 0 Å². The summed E-state index contributed by atoms with van der Waals surface area (Å²) in [6.45, 7) is 1.55. The highest BCUT2D eigenvalue weighted by molar-refractivity contribution is 6.35. The number of hydrogen-bond donors (Lipinski definition) is 0. The number of aromatic nitrogens is 2. The van der Waals surface area contributed by atoms with Gasteiger partial charge >= 0.3 is 0 Å². The molecule has 106 valence electrons. The minimum Gasteiger partial charge on any atom is -0.482 e. The van der Waals surface area contributed by atoms with Crippen LogP contribution in [0.4, 0.5) is 0 Å². The lowest BCUT2D eigenvalue weighted by atomic mass is 10.1. The summed E-state index contributed by atoms with van der Waals surface area (Å²) in [6, 6.07) is 5.03. The van der Waals surface area contributed by atoms with Crippen molar-refractivity contribution in [3.8, 4) is 5.75 Å². The van der Waals surface area contributed by atoms with Crippen LogP contribution in [0.5, 0.6) is 5.75 Å². The molecule has 0 unspecified atom stereocenters. The van der Waals surface area contributed by atoms with Crippen LogP contribution in [0.1, 0.15) is 24.1 Å². The van der Waals surface area contributed by atoms with E-state index in [4.69, 9.17) is 37.2 Å². The summed E-state index contributed by atoms with van der Waals surface area (Å²) in [5.41, 5.74) is 0. The first-order valence-electron chi connectivity index (χ1n) is 6.20. The lowest BCUT2D eigenvalue weighted by Gasteiger charge is -2.05. The van der Waals surface area contributed by atoms with E-state index in [-0.39, 0.29) is 12.5 Å². The monoisotopic (exact) mass is 314 g/mol. The van der Waals surface area contributed by atoms with E-state index in [1.54, 1.807) is 18.2 Å². The number of nitrogens with zero attached hydrogens (tertiary/aromatic N) is 2. The van der Waals surface area contributed by atoms with Gasteiger partial charge in [0.1, 0.15) is 5.75 Å². The van der Waals surface area contributed by atoms with Gasteiger partial charge in [0.05, 0.1) is 11.6 Å². The Morgan fingerprint density at radius 3 is 3.00 bits per heavy atom. The van der Waals surface area contributed by atoms with Crippen LogP contribution in [-0.2, 0) is 11.3 Å². The first kappa shape index (κ1) is 13.7. The summed E-state index contributed by atoms with van der Waals surface area (Å²) in [5.74, 6) is 1.83. The number of halogens is 2. The standard InChI is InChI=1S/C13H12Cl2N2O3/c14-9-1-2-11(10(15)5-9)19-7-12-16-13(17-20-12)8-3-4-18-6-8/h1-2,5,8H,3-4,6-7H2/t8-/m1/s1. The molecule has 1 aromatic carbocycles. The Labute approximate surface area is 125 Å². The molecular formula is C13H12Cl2N2O3. The predicted octanol–water partition coefficient (Wildman–Crippen LogP) is 3.46. The van der Waals surface area contributed by atoms with Crippen molar-refractivity contribution in [1.82, 2.24) is 10.1 Å². The Hall–Kier alpha value is -1.30. The van der Waals surface area contributed by atoms with Gasteiger partial charge in [0.2, 0.25) is 0 Å². The van der Waals surface area contributed by atoms with Crippen molar-refractivity contribution >= 4 is 23.2 Å². The molecule has 20 heavy (non-hydrogen) atoms. The average molecular weight is 315 g/mol. The molecule has 0 bridgehead atoms. The fourth-order valence-corrected chi connectivity index (χ4v) is 2.43. The summed E-state index contributed by atoms with van der Waals surface area (Å²) in [7, 11) is 0. The van der Waals surface area contributed by atoms with Crippen molar-refractivity contribution < 1.29 is 14.0 Å². The third-order valence-corrected chi connectivity index (χ3v) is 3.55. The van der Waals surface area contributed by atoms with Gasteiger partial charge in [-0.25, -0.2) is 0 Å². The number of ether oxygens (including phenoxy) is 2. The van der Waals surface area contributed by atoms with Crippen molar-refractivity contribution in [2.45, 2.75) is 18.9 Å². The maximum atomic E-state index is 6.01. The molecule has 1 aliphatic rings. The molecule has 0 radical (unpaired) electrons. The number of hydrogen-bond acceptors (Lipinski definition) is 5. The quantitative estimate of drug-likeness (QED) is 0.865. The van der Waals surface area contributed by atoms with Gasteiger partial charge in [0.25, 0.3) is 5.89 Å². The zero-order valence-corrected chi connectivity index (χ0v) is 12.0. The Kier molecular flexibility index (Phi) is 4.10. The van der Waals surface area contributed by atoms with Gasteiger partial charge in [0.15, 0.2) is 12.4 Å². The van der Waals surface area contributed by atoms with Gasteiger partial charge in [-0.1, -0.05) is 28.4 Å². The van der Waals surface area contributed by atoms with Crippen LogP contribution in [0.3, 0.4) is 0 Å². The minimum atomic E-state index is 0.169. The fraction of sp³-hybridized carbons (Fsp3) is 0.385. The van der Waals surface area contributed by atoms with Crippen molar-refractivity contribution in [2.75, 3.05) is 13.2 Å². The maximum absolute atomic E-state index is 6.01. The molecule has 1 saturated heterocycles. The van der Waals surface area contributed by atoms with Gasteiger partial charge in [-0.2, -0.15) is 4.98 Å². The Balaban J connectivity index is 1.63. The van der Waals surface area contributed by atoms with Crippen molar-refractivity contribution in [2.24, 2.45) is 0 Å². The van der Waals surface area contributed by atoms with E-state index in [9.17, 15) is 0 Å². The summed E-state index contributed by atoms with van der Waals surface area (Å²) < 4.78 is 16.0. The number of rotatable bonds is 4. The third kappa shape index (κ3) is 3.06. The SMILES string of the molecule is Clc1ccc(OCc2nc([C@@H]3CCOC3)no2)c(Cl)c1. The molecule has 0 spiro atoms. The molecular weight excluding hydrogens is 303 g/mol. The molecule has 0 N–H and O–H groups in total. The topological polar surface area (TPSA) is 57.4 Å². The third-order valence-electron chi connectivity index (χ3n) is 3.02. The van der Waals surface area contributed by atoms with Crippen LogP contribution >= 0.6 is 23.2 Å². The highest BCUT2D eigenvalue weighted by Gasteiger charge is 2.23. The Bertz CT molecular complexity index is 597. The fourth-order valence-electron chi connectivity index (χ4n) is 1.96. The van der Waals surface area contributed by atoms with E-state index in [1.165, 1.54) is 0 Å². The summed E-state index contributed by atoms with van der Waals surface area (Å²) in [6.07, 6.45) is 0.919. The minimum absolute atomic E-state index is 0.169. The van der Waals surface area contributed by atoms with Crippen molar-refractivity contribution in [3.05, 3.63) is 40.0 Å². The second kappa shape index (κ2) is 5.99. The lowest BCUT2D eigenvalue weighted by molar-refractivity contribution is 0.192. The van der Waals surface area contributed by atoms with Crippen molar-refractivity contribution in [1.29, 1.82) is 0 Å². The second-order valence-electron chi connectivity index (χ2n) is 4.47. The second-order valence-corrected chi connectivity index (χ2v) is 5.31. The molecule has 1 aromatic heterocycles. The van der Waals surface area contributed by atoms with E-state index >= 15 is 0 Å². The summed E-state index contributed by atoms with van der Waals surface area (Å²) in [5, 5.41) is 4.95. The smallest absolute Gasteiger partial charge is 0.264 e. The normalized spacial score (nSPS) is 18.4. The van der Waals surface area contributed by atoms with Gasteiger partial charge < -0.3 is 14.0 Å². The van der Waals surface area contributed by atoms with Crippen LogP contribution < -0.4 is 4.74 Å². The summed E-state index contributed by atoms with van der Waals surface area (Å²) in [4.78, 5) is 4.30. The van der Waals surface area contributed by atoms with E-state index in [0.717, 1.165) is 13.0 Å². The molecule has 7 heteroatoms. The van der Waals surface area contributed by atoms with Crippen LogP contribution in [0.2, 0.25) is 10.0 Å². The average Bonchev–Trinajstić information content (AvgIpc) is 3.08. The maximum Gasteiger partial charge on any atom is 0.264 e. The molecule has 1 aliphatic heterocycles.